The fourth-order valence-electron chi connectivity index (χ4n) is 2.52. The van der Waals surface area contributed by atoms with E-state index in [1.165, 1.54) is 25.7 Å². The molecule has 1 aromatic carbocycles. The fraction of sp³-hybridized carbons (Fsp3) is 0.632. The number of anilines is 1. The van der Waals surface area contributed by atoms with E-state index < -0.39 is 0 Å². The molecule has 0 heterocycles. The maximum absolute atomic E-state index is 12.4. The minimum Gasteiger partial charge on any atom is -0.493 e. The van der Waals surface area contributed by atoms with Gasteiger partial charge in [0.1, 0.15) is 5.75 Å². The average Bonchev–Trinajstić information content (AvgIpc) is 2.57. The summed E-state index contributed by atoms with van der Waals surface area (Å²) in [6.45, 7) is 10.5. The normalized spacial score (nSPS) is 10.8. The summed E-state index contributed by atoms with van der Waals surface area (Å²) in [4.78, 5) is 14.8. The summed E-state index contributed by atoms with van der Waals surface area (Å²) in [5.74, 6) is 0.438. The van der Waals surface area contributed by atoms with Crippen molar-refractivity contribution in [3.8, 4) is 5.75 Å². The molecule has 0 radical (unpaired) electrons. The van der Waals surface area contributed by atoms with Gasteiger partial charge in [0.25, 0.3) is 5.91 Å². The van der Waals surface area contributed by atoms with E-state index in [-0.39, 0.29) is 5.91 Å². The minimum atomic E-state index is -0.107. The van der Waals surface area contributed by atoms with Gasteiger partial charge in [0, 0.05) is 24.8 Å². The number of nitrogens with two attached hydrogens (primary N) is 1. The van der Waals surface area contributed by atoms with Crippen molar-refractivity contribution in [1.82, 2.24) is 10.2 Å². The monoisotopic (exact) mass is 335 g/mol. The number of amides is 1. The lowest BCUT2D eigenvalue weighted by molar-refractivity contribution is 0.0944. The number of unbranched alkanes of at least 4 members (excludes halogenated alkanes) is 2. The van der Waals surface area contributed by atoms with Gasteiger partial charge in [-0.05, 0) is 45.0 Å². The topological polar surface area (TPSA) is 67.6 Å². The average molecular weight is 335 g/mol. The highest BCUT2D eigenvalue weighted by molar-refractivity contribution is 5.97. The van der Waals surface area contributed by atoms with Crippen LogP contribution >= 0.6 is 0 Å². The Morgan fingerprint density at radius 1 is 1.12 bits per heavy atom. The highest BCUT2D eigenvalue weighted by Crippen LogP contribution is 2.21. The zero-order valence-corrected chi connectivity index (χ0v) is 15.4. The van der Waals surface area contributed by atoms with Crippen LogP contribution < -0.4 is 15.8 Å². The van der Waals surface area contributed by atoms with Gasteiger partial charge in [0.05, 0.1) is 12.2 Å². The number of nitrogens with one attached hydrogen (secondary N) is 1. The largest absolute Gasteiger partial charge is 0.493 e. The van der Waals surface area contributed by atoms with Crippen LogP contribution in [0.4, 0.5) is 5.69 Å². The van der Waals surface area contributed by atoms with Crippen molar-refractivity contribution >= 4 is 11.6 Å². The lowest BCUT2D eigenvalue weighted by Gasteiger charge is -2.22. The highest BCUT2D eigenvalue weighted by Gasteiger charge is 2.13. The van der Waals surface area contributed by atoms with Crippen molar-refractivity contribution < 1.29 is 9.53 Å². The number of hydrogen-bond donors (Lipinski definition) is 2. The molecule has 0 saturated heterocycles. The number of hydrogen-bond acceptors (Lipinski definition) is 4. The number of benzene rings is 1. The molecule has 24 heavy (non-hydrogen) atoms. The Hall–Kier alpha value is -1.75. The Morgan fingerprint density at radius 3 is 2.38 bits per heavy atom. The summed E-state index contributed by atoms with van der Waals surface area (Å²) in [7, 11) is 0. The van der Waals surface area contributed by atoms with Crippen LogP contribution in [0.5, 0.6) is 5.75 Å². The fourth-order valence-corrected chi connectivity index (χ4v) is 2.52. The minimum absolute atomic E-state index is 0.107. The maximum Gasteiger partial charge on any atom is 0.255 e. The van der Waals surface area contributed by atoms with Gasteiger partial charge >= 0.3 is 0 Å². The smallest absolute Gasteiger partial charge is 0.255 e. The number of carbonyl (C=O) groups excluding carboxylic acids is 1. The second-order valence-corrected chi connectivity index (χ2v) is 5.99. The lowest BCUT2D eigenvalue weighted by atomic mass is 10.1. The van der Waals surface area contributed by atoms with Gasteiger partial charge in [-0.25, -0.2) is 0 Å². The molecule has 5 heteroatoms. The van der Waals surface area contributed by atoms with E-state index in [2.05, 4.69) is 24.1 Å². The first-order valence-electron chi connectivity index (χ1n) is 9.15. The third kappa shape index (κ3) is 7.21. The first-order chi connectivity index (χ1) is 11.6. The summed E-state index contributed by atoms with van der Waals surface area (Å²) in [6.07, 6.45) is 4.78. The predicted molar refractivity (Wildman–Crippen MR) is 101 cm³/mol. The van der Waals surface area contributed by atoms with Crippen LogP contribution in [0.3, 0.4) is 0 Å². The van der Waals surface area contributed by atoms with E-state index in [1.54, 1.807) is 18.2 Å². The highest BCUT2D eigenvalue weighted by atomic mass is 16.5. The SMILES string of the molecule is CCCCN(CCCC)CCNC(=O)c1ccc(N)cc1OCC. The van der Waals surface area contributed by atoms with Crippen LogP contribution in [0.25, 0.3) is 0 Å². The van der Waals surface area contributed by atoms with Crippen molar-refractivity contribution in [2.45, 2.75) is 46.5 Å². The lowest BCUT2D eigenvalue weighted by Crippen LogP contribution is -2.36. The molecule has 0 bridgehead atoms. The quantitative estimate of drug-likeness (QED) is 0.575. The molecule has 0 atom stereocenters. The van der Waals surface area contributed by atoms with Gasteiger partial charge in [-0.1, -0.05) is 26.7 Å². The van der Waals surface area contributed by atoms with E-state index in [4.69, 9.17) is 10.5 Å². The molecule has 0 unspecified atom stereocenters. The Balaban J connectivity index is 2.54. The number of nitrogens with zero attached hydrogens (tertiary/aromatic N) is 1. The van der Waals surface area contributed by atoms with E-state index in [9.17, 15) is 4.79 Å². The third-order valence-electron chi connectivity index (χ3n) is 3.92. The summed E-state index contributed by atoms with van der Waals surface area (Å²) >= 11 is 0. The molecule has 0 fully saturated rings. The summed E-state index contributed by atoms with van der Waals surface area (Å²) in [6, 6.07) is 5.15. The van der Waals surface area contributed by atoms with Gasteiger partial charge in [0.2, 0.25) is 0 Å². The number of rotatable bonds is 12. The Bertz CT molecular complexity index is 484. The summed E-state index contributed by atoms with van der Waals surface area (Å²) in [5, 5.41) is 3.00. The molecule has 0 saturated carbocycles. The van der Waals surface area contributed by atoms with E-state index in [0.717, 1.165) is 19.6 Å². The van der Waals surface area contributed by atoms with Gasteiger partial charge in [-0.3, -0.25) is 4.79 Å². The Morgan fingerprint density at radius 2 is 1.79 bits per heavy atom. The van der Waals surface area contributed by atoms with Crippen LogP contribution in [0.15, 0.2) is 18.2 Å². The molecular formula is C19H33N3O2. The number of ether oxygens (including phenoxy) is 1. The molecule has 0 aliphatic rings. The van der Waals surface area contributed by atoms with Crippen LogP contribution in [0.1, 0.15) is 56.8 Å². The molecular weight excluding hydrogens is 302 g/mol. The number of nitrogen functional groups attached to an aromatic ring is 1. The first-order valence-corrected chi connectivity index (χ1v) is 9.15. The summed E-state index contributed by atoms with van der Waals surface area (Å²) < 4.78 is 5.52. The molecule has 1 aromatic rings. The van der Waals surface area contributed by atoms with Crippen molar-refractivity contribution in [2.75, 3.05) is 38.5 Å². The molecule has 0 aliphatic heterocycles. The third-order valence-corrected chi connectivity index (χ3v) is 3.92. The molecule has 1 rings (SSSR count). The molecule has 0 aromatic heterocycles. The molecule has 0 aliphatic carbocycles. The van der Waals surface area contributed by atoms with Crippen molar-refractivity contribution in [1.29, 1.82) is 0 Å². The zero-order valence-electron chi connectivity index (χ0n) is 15.4. The van der Waals surface area contributed by atoms with E-state index >= 15 is 0 Å². The molecule has 0 spiro atoms. The van der Waals surface area contributed by atoms with Gasteiger partial charge in [0.15, 0.2) is 0 Å². The second kappa shape index (κ2) is 11.7. The van der Waals surface area contributed by atoms with Gasteiger partial charge in [-0.2, -0.15) is 0 Å². The van der Waals surface area contributed by atoms with E-state index in [1.807, 2.05) is 6.92 Å². The van der Waals surface area contributed by atoms with Gasteiger partial charge < -0.3 is 20.7 Å². The Kier molecular flexibility index (Phi) is 9.92. The molecule has 1 amide bonds. The Labute approximate surface area is 146 Å². The van der Waals surface area contributed by atoms with Crippen molar-refractivity contribution in [3.63, 3.8) is 0 Å². The zero-order chi connectivity index (χ0) is 17.8. The first kappa shape index (κ1) is 20.3. The van der Waals surface area contributed by atoms with Crippen LogP contribution in [-0.4, -0.2) is 43.6 Å². The van der Waals surface area contributed by atoms with Crippen molar-refractivity contribution in [2.24, 2.45) is 0 Å². The van der Waals surface area contributed by atoms with Crippen LogP contribution in [0, 0.1) is 0 Å². The van der Waals surface area contributed by atoms with E-state index in [0.29, 0.717) is 30.2 Å². The standard InChI is InChI=1S/C19H33N3O2/c1-4-7-12-22(13-8-5-2)14-11-21-19(23)17-10-9-16(20)15-18(17)24-6-3/h9-10,15H,4-8,11-14,20H2,1-3H3,(H,21,23). The predicted octanol–water partition coefficient (Wildman–Crippen LogP) is 3.30. The van der Waals surface area contributed by atoms with Gasteiger partial charge in [-0.15, -0.1) is 0 Å². The maximum atomic E-state index is 12.4. The van der Waals surface area contributed by atoms with Crippen molar-refractivity contribution in [3.05, 3.63) is 23.8 Å². The summed E-state index contributed by atoms with van der Waals surface area (Å²) in [5.41, 5.74) is 6.91. The number of carbonyl (C=O) groups is 1. The molecule has 136 valence electrons. The second-order valence-electron chi connectivity index (χ2n) is 5.99. The van der Waals surface area contributed by atoms with Crippen LogP contribution in [-0.2, 0) is 0 Å². The van der Waals surface area contributed by atoms with Crippen LogP contribution in [0.2, 0.25) is 0 Å². The molecule has 5 nitrogen and oxygen atoms in total. The molecule has 3 N–H and O–H groups in total.